The number of aryl methyl sites for hydroxylation is 1. The molecule has 1 atom stereocenters. The van der Waals surface area contributed by atoms with E-state index in [4.69, 9.17) is 0 Å². The topological polar surface area (TPSA) is 13.0 Å². The molecular formula is C90H62N4. The summed E-state index contributed by atoms with van der Waals surface area (Å²) in [5, 5.41) is 0. The normalized spacial score (nSPS) is 17.0. The number of hydrogen-bond donors (Lipinski definition) is 0. The molecule has 4 nitrogen and oxygen atoms in total. The van der Waals surface area contributed by atoms with Crippen LogP contribution in [0.25, 0.3) is 51.1 Å². The maximum absolute atomic E-state index is 2.65. The van der Waals surface area contributed by atoms with E-state index in [9.17, 15) is 0 Å². The highest BCUT2D eigenvalue weighted by Crippen LogP contribution is 2.68. The van der Waals surface area contributed by atoms with Gasteiger partial charge in [0, 0.05) is 17.1 Å². The summed E-state index contributed by atoms with van der Waals surface area (Å²) in [7, 11) is 0. The average molecular weight is 1200 g/mol. The van der Waals surface area contributed by atoms with Crippen LogP contribution < -0.4 is 19.6 Å². The van der Waals surface area contributed by atoms with Crippen LogP contribution in [0.4, 0.5) is 62.6 Å². The van der Waals surface area contributed by atoms with Crippen LogP contribution in [0.2, 0.25) is 0 Å². The first-order chi connectivity index (χ1) is 46.4. The van der Waals surface area contributed by atoms with Gasteiger partial charge >= 0.3 is 0 Å². The van der Waals surface area contributed by atoms with Gasteiger partial charge in [-0.05, 0) is 217 Å². The Morgan fingerprint density at radius 3 is 1.18 bits per heavy atom. The SMILES string of the molecule is Cc1ccccc1N1c2ccccc2N(C2(C)C=CC3=C(C2)C2(c4cc(C=Cc5ccc6c(c5)C5(c7ccccc7-c7ccccc75)c5cc(N7c8ccccc8N(c8ccccc8)c8ccccc87)ccc5-6)ccc43)c3ccccc3-c3ccccc32)c2ccccc21. The van der Waals surface area contributed by atoms with Crippen LogP contribution in [0.15, 0.2) is 321 Å². The van der Waals surface area contributed by atoms with E-state index in [-0.39, 0.29) is 0 Å². The second kappa shape index (κ2) is 19.6. The molecular weight excluding hydrogens is 1140 g/mol. The summed E-state index contributed by atoms with van der Waals surface area (Å²) in [4.78, 5) is 10.0. The van der Waals surface area contributed by atoms with Crippen molar-refractivity contribution in [2.75, 3.05) is 19.6 Å². The molecule has 5 aliphatic carbocycles. The fourth-order valence-electron chi connectivity index (χ4n) is 18.1. The van der Waals surface area contributed by atoms with Gasteiger partial charge < -0.3 is 19.6 Å². The Bertz CT molecular complexity index is 5320. The van der Waals surface area contributed by atoms with E-state index < -0.39 is 16.4 Å². The number of hydrogen-bond acceptors (Lipinski definition) is 4. The zero-order chi connectivity index (χ0) is 62.0. The average Bonchev–Trinajstić information content (AvgIpc) is 1.49. The first kappa shape index (κ1) is 53.0. The Hall–Kier alpha value is -11.7. The van der Waals surface area contributed by atoms with Crippen LogP contribution in [0, 0.1) is 6.92 Å². The lowest BCUT2D eigenvalue weighted by Crippen LogP contribution is -2.47. The second-order valence-electron chi connectivity index (χ2n) is 26.5. The van der Waals surface area contributed by atoms with Crippen molar-refractivity contribution in [2.24, 2.45) is 0 Å². The van der Waals surface area contributed by atoms with Crippen LogP contribution in [-0.4, -0.2) is 5.54 Å². The molecule has 13 aromatic carbocycles. The first-order valence-corrected chi connectivity index (χ1v) is 33.0. The number of allylic oxidation sites excluding steroid dienone is 2. The Morgan fingerprint density at radius 1 is 0.298 bits per heavy atom. The fourth-order valence-corrected chi connectivity index (χ4v) is 18.1. The standard InChI is InChI=1S/C90H62N4/c1-58-24-6-15-35-79(58)93-84-40-20-22-42-86(84)94(87-43-23-21-41-85(87)93)88(2)53-52-70-68-50-47-60(55-76(68)90(78(70)57-88)73-33-13-9-29-65(73)66-30-10-14-34-74(66)90)45-44-59-46-49-67-69-51-48-62(56-77(69)89(75(67)54-59)71-31-11-7-27-63(71)64-28-8-12-32-72(64)89)92-82-38-18-16-36-80(82)91(61-25-4-3-5-26-61)81-37-17-19-39-83(81)92/h3-56H,57H2,1-2H3. The van der Waals surface area contributed by atoms with Crippen molar-refractivity contribution >= 4 is 80.3 Å². The molecule has 0 aromatic heterocycles. The van der Waals surface area contributed by atoms with E-state index in [1.807, 2.05) is 0 Å². The Kier molecular flexibility index (Phi) is 11.1. The lowest BCUT2D eigenvalue weighted by atomic mass is 9.65. The summed E-state index contributed by atoms with van der Waals surface area (Å²) in [6, 6.07) is 114. The molecule has 94 heavy (non-hydrogen) atoms. The highest BCUT2D eigenvalue weighted by Gasteiger charge is 2.56. The summed E-state index contributed by atoms with van der Waals surface area (Å²) in [6.07, 6.45) is 10.5. The molecule has 0 radical (unpaired) electrons. The van der Waals surface area contributed by atoms with Gasteiger partial charge in [0.2, 0.25) is 0 Å². The lowest BCUT2D eigenvalue weighted by Gasteiger charge is -2.50. The van der Waals surface area contributed by atoms with Gasteiger partial charge in [-0.3, -0.25) is 0 Å². The third kappa shape index (κ3) is 7.01. The maximum atomic E-state index is 2.65. The number of rotatable bonds is 6. The second-order valence-corrected chi connectivity index (χ2v) is 26.5. The van der Waals surface area contributed by atoms with Gasteiger partial charge in [-0.15, -0.1) is 0 Å². The van der Waals surface area contributed by atoms with Crippen molar-refractivity contribution in [2.45, 2.75) is 36.6 Å². The molecule has 442 valence electrons. The maximum Gasteiger partial charge on any atom is 0.0726 e. The van der Waals surface area contributed by atoms with Gasteiger partial charge in [-0.2, -0.15) is 0 Å². The number of nitrogens with zero attached hydrogens (tertiary/aromatic N) is 4. The summed E-state index contributed by atoms with van der Waals surface area (Å²) in [5.74, 6) is 0. The summed E-state index contributed by atoms with van der Waals surface area (Å²) < 4.78 is 0. The van der Waals surface area contributed by atoms with Crippen molar-refractivity contribution < 1.29 is 0 Å². The minimum absolute atomic E-state index is 0.450. The van der Waals surface area contributed by atoms with E-state index in [1.165, 1.54) is 134 Å². The molecule has 1 unspecified atom stereocenters. The molecule has 20 rings (SSSR count). The molecule has 0 saturated carbocycles. The molecule has 7 aliphatic rings. The largest absolute Gasteiger partial charge is 0.328 e. The summed E-state index contributed by atoms with van der Waals surface area (Å²) in [5.41, 5.74) is 36.0. The Labute approximate surface area is 548 Å². The van der Waals surface area contributed by atoms with Gasteiger partial charge in [-0.1, -0.05) is 237 Å². The first-order valence-electron chi connectivity index (χ1n) is 33.0. The van der Waals surface area contributed by atoms with E-state index in [1.54, 1.807) is 0 Å². The van der Waals surface area contributed by atoms with Crippen molar-refractivity contribution in [3.63, 3.8) is 0 Å². The minimum atomic E-state index is -0.572. The molecule has 0 fully saturated rings. The van der Waals surface area contributed by atoms with Crippen molar-refractivity contribution in [3.05, 3.63) is 382 Å². The number of benzene rings is 13. The molecule has 4 heteroatoms. The number of fused-ring (bicyclic) bond motifs is 23. The van der Waals surface area contributed by atoms with E-state index >= 15 is 0 Å². The molecule has 0 bridgehead atoms. The minimum Gasteiger partial charge on any atom is -0.328 e. The molecule has 2 heterocycles. The summed E-state index contributed by atoms with van der Waals surface area (Å²) in [6.45, 7) is 4.69. The van der Waals surface area contributed by atoms with Crippen LogP contribution in [0.1, 0.15) is 74.5 Å². The predicted molar refractivity (Wildman–Crippen MR) is 390 cm³/mol. The predicted octanol–water partition coefficient (Wildman–Crippen LogP) is 23.2. The van der Waals surface area contributed by atoms with E-state index in [2.05, 4.69) is 361 Å². The fraction of sp³-hybridized carbons (Fsp3) is 0.0667. The third-order valence-corrected chi connectivity index (χ3v) is 21.8. The zero-order valence-electron chi connectivity index (χ0n) is 52.2. The quantitative estimate of drug-likeness (QED) is 0.154. The molecule has 0 saturated heterocycles. The van der Waals surface area contributed by atoms with Crippen molar-refractivity contribution in [3.8, 4) is 33.4 Å². The van der Waals surface area contributed by atoms with Crippen LogP contribution in [-0.2, 0) is 10.8 Å². The monoisotopic (exact) mass is 1200 g/mol. The smallest absolute Gasteiger partial charge is 0.0726 e. The molecule has 0 N–H and O–H groups in total. The van der Waals surface area contributed by atoms with E-state index in [0.29, 0.717) is 0 Å². The molecule has 13 aromatic rings. The van der Waals surface area contributed by atoms with Gasteiger partial charge in [0.05, 0.1) is 61.9 Å². The summed E-state index contributed by atoms with van der Waals surface area (Å²) >= 11 is 0. The van der Waals surface area contributed by atoms with Crippen molar-refractivity contribution in [1.29, 1.82) is 0 Å². The number of para-hydroxylation sites is 10. The molecule has 2 spiro atoms. The highest BCUT2D eigenvalue weighted by atomic mass is 15.3. The van der Waals surface area contributed by atoms with Gasteiger partial charge in [0.15, 0.2) is 0 Å². The Balaban J connectivity index is 0.715. The lowest BCUT2D eigenvalue weighted by molar-refractivity contribution is 0.526. The Morgan fingerprint density at radius 2 is 0.670 bits per heavy atom. The molecule has 2 aliphatic heterocycles. The van der Waals surface area contributed by atoms with Crippen molar-refractivity contribution in [1.82, 2.24) is 0 Å². The van der Waals surface area contributed by atoms with Crippen LogP contribution in [0.5, 0.6) is 0 Å². The van der Waals surface area contributed by atoms with Crippen LogP contribution >= 0.6 is 0 Å². The van der Waals surface area contributed by atoms with Gasteiger partial charge in [-0.25, -0.2) is 0 Å². The third-order valence-electron chi connectivity index (χ3n) is 21.8. The molecule has 0 amide bonds. The van der Waals surface area contributed by atoms with Crippen LogP contribution in [0.3, 0.4) is 0 Å². The highest BCUT2D eigenvalue weighted by molar-refractivity contribution is 6.05. The van der Waals surface area contributed by atoms with Gasteiger partial charge in [0.1, 0.15) is 0 Å². The zero-order valence-corrected chi connectivity index (χ0v) is 52.2. The van der Waals surface area contributed by atoms with E-state index in [0.717, 1.165) is 40.5 Å². The number of anilines is 11. The van der Waals surface area contributed by atoms with Gasteiger partial charge in [0.25, 0.3) is 0 Å².